The number of nitrogens with zero attached hydrogens (tertiary/aromatic N) is 1. The van der Waals surface area contributed by atoms with E-state index in [1.807, 2.05) is 0 Å². The number of thiocarbonyl (C=S) groups is 1. The summed E-state index contributed by atoms with van der Waals surface area (Å²) in [6.07, 6.45) is 0.134. The maximum absolute atomic E-state index is 12.3. The Morgan fingerprint density at radius 2 is 2.00 bits per heavy atom. The molecule has 1 aromatic carbocycles. The Labute approximate surface area is 126 Å². The molecule has 21 heavy (non-hydrogen) atoms. The highest BCUT2D eigenvalue weighted by Gasteiger charge is 2.47. The second-order valence-corrected chi connectivity index (χ2v) is 5.48. The van der Waals surface area contributed by atoms with Crippen molar-refractivity contribution in [2.75, 3.05) is 11.5 Å². The Balaban J connectivity index is 1.85. The second-order valence-electron chi connectivity index (χ2n) is 4.95. The van der Waals surface area contributed by atoms with Crippen LogP contribution in [0.25, 0.3) is 0 Å². The van der Waals surface area contributed by atoms with Gasteiger partial charge in [0.25, 0.3) is 11.8 Å². The molecule has 7 heteroatoms. The minimum atomic E-state index is -0.520. The number of hydrogen-bond acceptors (Lipinski definition) is 5. The molecule has 6 nitrogen and oxygen atoms in total. The molecule has 2 atom stereocenters. The predicted molar refractivity (Wildman–Crippen MR) is 79.1 cm³/mol. The van der Waals surface area contributed by atoms with Gasteiger partial charge in [-0.3, -0.25) is 9.59 Å². The molecular formula is C14H14N2O4S. The van der Waals surface area contributed by atoms with Gasteiger partial charge in [-0.25, -0.2) is 4.90 Å². The van der Waals surface area contributed by atoms with Gasteiger partial charge < -0.3 is 15.2 Å². The van der Waals surface area contributed by atoms with Crippen molar-refractivity contribution in [2.45, 2.75) is 25.0 Å². The third-order valence-electron chi connectivity index (χ3n) is 3.47. The van der Waals surface area contributed by atoms with Crippen LogP contribution in [0.3, 0.4) is 0 Å². The number of carbonyl (C=O) groups is 2. The maximum atomic E-state index is 12.3. The van der Waals surface area contributed by atoms with Crippen molar-refractivity contribution < 1.29 is 19.1 Å². The monoisotopic (exact) mass is 306 g/mol. The third kappa shape index (κ3) is 2.62. The lowest BCUT2D eigenvalue weighted by molar-refractivity contribution is -0.146. The Morgan fingerprint density at radius 1 is 1.33 bits per heavy atom. The van der Waals surface area contributed by atoms with Crippen LogP contribution in [0.4, 0.5) is 5.69 Å². The zero-order chi connectivity index (χ0) is 15.0. The van der Waals surface area contributed by atoms with Gasteiger partial charge in [0.1, 0.15) is 29.6 Å². The summed E-state index contributed by atoms with van der Waals surface area (Å²) in [7, 11) is 0. The molecule has 2 bridgehead atoms. The fraction of sp³-hybridized carbons (Fsp3) is 0.357. The largest absolute Gasteiger partial charge is 0.486 e. The Hall–Kier alpha value is -1.99. The molecule has 3 rings (SSSR count). The molecule has 2 fully saturated rings. The van der Waals surface area contributed by atoms with E-state index in [1.54, 1.807) is 24.3 Å². The van der Waals surface area contributed by atoms with Crippen molar-refractivity contribution in [2.24, 2.45) is 5.73 Å². The summed E-state index contributed by atoms with van der Waals surface area (Å²) in [5.74, 6) is -0.139. The fourth-order valence-electron chi connectivity index (χ4n) is 2.52. The lowest BCUT2D eigenvalue weighted by Gasteiger charge is -2.30. The van der Waals surface area contributed by atoms with E-state index in [-0.39, 0.29) is 23.4 Å². The second kappa shape index (κ2) is 5.42. The lowest BCUT2D eigenvalue weighted by atomic mass is 10.2. The lowest BCUT2D eigenvalue weighted by Crippen LogP contribution is -2.52. The van der Waals surface area contributed by atoms with Crippen molar-refractivity contribution in [1.82, 2.24) is 0 Å². The van der Waals surface area contributed by atoms with Crippen molar-refractivity contribution in [3.05, 3.63) is 24.3 Å². The van der Waals surface area contributed by atoms with Crippen LogP contribution < -0.4 is 15.4 Å². The zero-order valence-electron chi connectivity index (χ0n) is 11.2. The SMILES string of the molecule is NC(=S)COc1cccc(N2C(=O)C3CCC(O3)C2=O)c1. The molecule has 0 aliphatic carbocycles. The average molecular weight is 306 g/mol. The number of nitrogens with two attached hydrogens (primary N) is 1. The fourth-order valence-corrected chi connectivity index (χ4v) is 2.58. The molecule has 2 aliphatic rings. The summed E-state index contributed by atoms with van der Waals surface area (Å²) >= 11 is 4.75. The van der Waals surface area contributed by atoms with Crippen LogP contribution in [-0.2, 0) is 14.3 Å². The molecule has 2 saturated heterocycles. The molecule has 0 spiro atoms. The van der Waals surface area contributed by atoms with E-state index in [2.05, 4.69) is 0 Å². The highest BCUT2D eigenvalue weighted by Crippen LogP contribution is 2.32. The van der Waals surface area contributed by atoms with E-state index in [1.165, 1.54) is 4.90 Å². The van der Waals surface area contributed by atoms with Crippen molar-refractivity contribution in [3.63, 3.8) is 0 Å². The van der Waals surface area contributed by atoms with Gasteiger partial charge in [0.2, 0.25) is 0 Å². The highest BCUT2D eigenvalue weighted by molar-refractivity contribution is 7.80. The maximum Gasteiger partial charge on any atom is 0.262 e. The van der Waals surface area contributed by atoms with E-state index in [0.29, 0.717) is 24.3 Å². The van der Waals surface area contributed by atoms with E-state index >= 15 is 0 Å². The molecule has 1 aromatic rings. The van der Waals surface area contributed by atoms with Gasteiger partial charge in [-0.1, -0.05) is 18.3 Å². The van der Waals surface area contributed by atoms with Gasteiger partial charge in [-0.05, 0) is 25.0 Å². The topological polar surface area (TPSA) is 81.9 Å². The average Bonchev–Trinajstić information content (AvgIpc) is 2.91. The number of morpholine rings is 1. The third-order valence-corrected chi connectivity index (χ3v) is 3.59. The van der Waals surface area contributed by atoms with E-state index in [0.717, 1.165) is 0 Å². The van der Waals surface area contributed by atoms with Gasteiger partial charge in [0.15, 0.2) is 0 Å². The molecule has 2 N–H and O–H groups in total. The first-order valence-electron chi connectivity index (χ1n) is 6.60. The first-order chi connectivity index (χ1) is 10.1. The van der Waals surface area contributed by atoms with Crippen LogP contribution in [0.5, 0.6) is 5.75 Å². The predicted octanol–water partition coefficient (Wildman–Crippen LogP) is 0.772. The quantitative estimate of drug-likeness (QED) is 0.654. The van der Waals surface area contributed by atoms with Crippen LogP contribution in [0.2, 0.25) is 0 Å². The van der Waals surface area contributed by atoms with Gasteiger partial charge in [-0.2, -0.15) is 0 Å². The molecule has 110 valence electrons. The Bertz CT molecular complexity index is 597. The number of fused-ring (bicyclic) bond motifs is 2. The van der Waals surface area contributed by atoms with Crippen LogP contribution in [0.1, 0.15) is 12.8 Å². The Kier molecular flexibility index (Phi) is 3.60. The van der Waals surface area contributed by atoms with Gasteiger partial charge in [-0.15, -0.1) is 0 Å². The molecule has 2 unspecified atom stereocenters. The summed E-state index contributed by atoms with van der Waals surface area (Å²) in [6, 6.07) is 6.74. The summed E-state index contributed by atoms with van der Waals surface area (Å²) in [5, 5.41) is 0. The number of hydrogen-bond donors (Lipinski definition) is 1. The normalized spacial score (nSPS) is 24.3. The van der Waals surface area contributed by atoms with Crippen molar-refractivity contribution >= 4 is 34.7 Å². The zero-order valence-corrected chi connectivity index (χ0v) is 12.0. The number of carbonyl (C=O) groups excluding carboxylic acids is 2. The minimum Gasteiger partial charge on any atom is -0.486 e. The van der Waals surface area contributed by atoms with Gasteiger partial charge >= 0.3 is 0 Å². The van der Waals surface area contributed by atoms with Crippen LogP contribution in [0.15, 0.2) is 24.3 Å². The summed E-state index contributed by atoms with van der Waals surface area (Å²) in [6.45, 7) is 0.106. The Morgan fingerprint density at radius 3 is 2.62 bits per heavy atom. The molecule has 2 amide bonds. The molecule has 0 radical (unpaired) electrons. The standard InChI is InChI=1S/C14H14N2O4S/c15-12(21)7-19-9-3-1-2-8(6-9)16-13(17)10-4-5-11(20-10)14(16)18/h1-3,6,10-11H,4-5,7H2,(H2,15,21). The van der Waals surface area contributed by atoms with E-state index in [4.69, 9.17) is 27.4 Å². The van der Waals surface area contributed by atoms with E-state index in [9.17, 15) is 9.59 Å². The number of rotatable bonds is 4. The molecule has 2 aliphatic heterocycles. The molecule has 2 heterocycles. The summed E-state index contributed by atoms with van der Waals surface area (Å²) in [4.78, 5) is 26.0. The van der Waals surface area contributed by atoms with Crippen LogP contribution in [0, 0.1) is 0 Å². The van der Waals surface area contributed by atoms with E-state index < -0.39 is 12.2 Å². The molecular weight excluding hydrogens is 292 g/mol. The molecule has 0 aromatic heterocycles. The number of imide groups is 1. The minimum absolute atomic E-state index is 0.106. The number of benzene rings is 1. The van der Waals surface area contributed by atoms with Crippen LogP contribution in [-0.4, -0.2) is 35.6 Å². The number of amides is 2. The molecule has 0 saturated carbocycles. The van der Waals surface area contributed by atoms with Crippen LogP contribution >= 0.6 is 12.2 Å². The number of ether oxygens (including phenoxy) is 2. The van der Waals surface area contributed by atoms with Crippen molar-refractivity contribution in [1.29, 1.82) is 0 Å². The van der Waals surface area contributed by atoms with Gasteiger partial charge in [0, 0.05) is 6.07 Å². The highest BCUT2D eigenvalue weighted by atomic mass is 32.1. The van der Waals surface area contributed by atoms with Crippen molar-refractivity contribution in [3.8, 4) is 5.75 Å². The summed E-state index contributed by atoms with van der Waals surface area (Å²) < 4.78 is 10.8. The van der Waals surface area contributed by atoms with Gasteiger partial charge in [0.05, 0.1) is 5.69 Å². The first kappa shape index (κ1) is 14.0. The number of anilines is 1. The first-order valence-corrected chi connectivity index (χ1v) is 7.01. The smallest absolute Gasteiger partial charge is 0.262 e. The summed E-state index contributed by atoms with van der Waals surface area (Å²) in [5.41, 5.74) is 5.86.